The van der Waals surface area contributed by atoms with E-state index in [9.17, 15) is 9.59 Å². The number of aromatic nitrogens is 2. The summed E-state index contributed by atoms with van der Waals surface area (Å²) >= 11 is 11.9. The van der Waals surface area contributed by atoms with E-state index < -0.39 is 0 Å². The molecule has 2 aromatic heterocycles. The van der Waals surface area contributed by atoms with Gasteiger partial charge in [0.2, 0.25) is 0 Å². The molecule has 6 nitrogen and oxygen atoms in total. The highest BCUT2D eigenvalue weighted by Crippen LogP contribution is 2.39. The van der Waals surface area contributed by atoms with Gasteiger partial charge in [-0.2, -0.15) is 0 Å². The summed E-state index contributed by atoms with van der Waals surface area (Å²) in [4.78, 5) is 31.8. The van der Waals surface area contributed by atoms with Crippen molar-refractivity contribution >= 4 is 45.9 Å². The largest absolute Gasteiger partial charge is 0.350 e. The summed E-state index contributed by atoms with van der Waals surface area (Å²) in [5, 5.41) is 4.66. The van der Waals surface area contributed by atoms with Crippen LogP contribution in [0.5, 0.6) is 0 Å². The first kappa shape index (κ1) is 20.3. The van der Waals surface area contributed by atoms with Crippen molar-refractivity contribution in [3.05, 3.63) is 64.0 Å². The van der Waals surface area contributed by atoms with Crippen molar-refractivity contribution in [3.8, 4) is 0 Å². The Balaban J connectivity index is 1.30. The van der Waals surface area contributed by atoms with Gasteiger partial charge in [0.25, 0.3) is 11.8 Å². The lowest BCUT2D eigenvalue weighted by molar-refractivity contribution is 0.0777. The molecule has 0 bridgehead atoms. The van der Waals surface area contributed by atoms with Crippen molar-refractivity contribution in [1.29, 1.82) is 0 Å². The fourth-order valence-electron chi connectivity index (χ4n) is 5.10. The van der Waals surface area contributed by atoms with E-state index in [1.165, 1.54) is 6.20 Å². The number of fused-ring (bicyclic) bond motifs is 2. The normalized spacial score (nSPS) is 22.7. The number of hydrogen-bond donors (Lipinski definition) is 1. The van der Waals surface area contributed by atoms with E-state index in [-0.39, 0.29) is 33.9 Å². The number of nitrogens with zero attached hydrogens (tertiary/aromatic N) is 3. The lowest BCUT2D eigenvalue weighted by atomic mass is 9.97. The van der Waals surface area contributed by atoms with E-state index in [0.717, 1.165) is 23.7 Å². The molecule has 3 aromatic rings. The molecule has 2 amide bonds. The maximum atomic E-state index is 13.1. The Morgan fingerprint density at radius 3 is 2.77 bits per heavy atom. The number of nitrogens with one attached hydrogen (secondary N) is 1. The molecule has 160 valence electrons. The first-order valence-electron chi connectivity index (χ1n) is 10.4. The molecule has 0 spiro atoms. The number of likely N-dealkylation sites (tertiary alicyclic amines) is 1. The minimum absolute atomic E-state index is 0.0547. The van der Waals surface area contributed by atoms with Gasteiger partial charge >= 0.3 is 0 Å². The van der Waals surface area contributed by atoms with Crippen LogP contribution in [0, 0.1) is 11.8 Å². The van der Waals surface area contributed by atoms with E-state index in [1.807, 2.05) is 47.0 Å². The molecule has 2 fully saturated rings. The predicted octanol–water partition coefficient (Wildman–Crippen LogP) is 4.16. The number of para-hydroxylation sites is 1. The summed E-state index contributed by atoms with van der Waals surface area (Å²) in [6.45, 7) is 1.30. The van der Waals surface area contributed by atoms with Crippen LogP contribution in [-0.2, 0) is 7.05 Å². The van der Waals surface area contributed by atoms with Crippen LogP contribution in [0.3, 0.4) is 0 Å². The van der Waals surface area contributed by atoms with E-state index >= 15 is 0 Å². The summed E-state index contributed by atoms with van der Waals surface area (Å²) in [6.07, 6.45) is 5.27. The van der Waals surface area contributed by atoms with Gasteiger partial charge in [-0.25, -0.2) is 4.98 Å². The SMILES string of the molecule is Cn1cc(C(=O)NC2CCC3CN(C(=O)c4cnc(Cl)c(Cl)c4)CC32)c2ccccc21. The van der Waals surface area contributed by atoms with Crippen LogP contribution >= 0.6 is 23.2 Å². The van der Waals surface area contributed by atoms with Crippen LogP contribution in [0.2, 0.25) is 10.2 Å². The van der Waals surface area contributed by atoms with Crippen molar-refractivity contribution in [1.82, 2.24) is 19.8 Å². The molecule has 3 unspecified atom stereocenters. The number of rotatable bonds is 3. The zero-order valence-corrected chi connectivity index (χ0v) is 18.5. The maximum Gasteiger partial charge on any atom is 0.255 e. The zero-order valence-electron chi connectivity index (χ0n) is 17.0. The van der Waals surface area contributed by atoms with Crippen LogP contribution < -0.4 is 5.32 Å². The summed E-state index contributed by atoms with van der Waals surface area (Å²) in [5.41, 5.74) is 2.16. The van der Waals surface area contributed by atoms with E-state index in [2.05, 4.69) is 10.3 Å². The van der Waals surface area contributed by atoms with Crippen molar-refractivity contribution in [3.63, 3.8) is 0 Å². The quantitative estimate of drug-likeness (QED) is 0.601. The van der Waals surface area contributed by atoms with Crippen molar-refractivity contribution in [2.75, 3.05) is 13.1 Å². The third-order valence-corrected chi connectivity index (χ3v) is 7.33. The van der Waals surface area contributed by atoms with Gasteiger partial charge in [-0.15, -0.1) is 0 Å². The molecular weight excluding hydrogens is 435 g/mol. The Morgan fingerprint density at radius 1 is 1.16 bits per heavy atom. The van der Waals surface area contributed by atoms with Crippen molar-refractivity contribution in [2.24, 2.45) is 18.9 Å². The third kappa shape index (κ3) is 3.58. The van der Waals surface area contributed by atoms with Crippen LogP contribution in [0.25, 0.3) is 10.9 Å². The van der Waals surface area contributed by atoms with Gasteiger partial charge in [0, 0.05) is 55.4 Å². The molecule has 2 aliphatic rings. The first-order chi connectivity index (χ1) is 14.9. The lowest BCUT2D eigenvalue weighted by Crippen LogP contribution is -2.40. The Labute approximate surface area is 190 Å². The Kier molecular flexibility index (Phi) is 5.15. The molecule has 1 aliphatic carbocycles. The van der Waals surface area contributed by atoms with Crippen LogP contribution in [0.4, 0.5) is 0 Å². The molecule has 3 heterocycles. The highest BCUT2D eigenvalue weighted by molar-refractivity contribution is 6.41. The molecule has 8 heteroatoms. The minimum atomic E-state index is -0.0976. The fraction of sp³-hybridized carbons (Fsp3) is 0.348. The Morgan fingerprint density at radius 2 is 1.97 bits per heavy atom. The molecule has 1 saturated heterocycles. The molecule has 1 N–H and O–H groups in total. The van der Waals surface area contributed by atoms with Gasteiger partial charge in [0.15, 0.2) is 0 Å². The van der Waals surface area contributed by atoms with Gasteiger partial charge < -0.3 is 14.8 Å². The number of aryl methyl sites for hydroxylation is 1. The summed E-state index contributed by atoms with van der Waals surface area (Å²) in [6, 6.07) is 9.52. The van der Waals surface area contributed by atoms with Crippen LogP contribution in [0.1, 0.15) is 33.6 Å². The van der Waals surface area contributed by atoms with Gasteiger partial charge in [0.1, 0.15) is 5.15 Å². The molecule has 5 rings (SSSR count). The standard InChI is InChI=1S/C23H22Cl2N4O2/c1-28-11-17(15-4-2-3-5-20(15)28)22(30)27-19-7-6-13-10-29(12-16(13)19)23(31)14-8-18(24)21(25)26-9-14/h2-5,8-9,11,13,16,19H,6-7,10,12H2,1H3,(H,27,30). The molecule has 3 atom stereocenters. The number of halogens is 2. The van der Waals surface area contributed by atoms with E-state index in [1.54, 1.807) is 6.07 Å². The zero-order chi connectivity index (χ0) is 21.7. The lowest BCUT2D eigenvalue weighted by Gasteiger charge is -2.22. The summed E-state index contributed by atoms with van der Waals surface area (Å²) in [5.74, 6) is 0.483. The second-order valence-electron chi connectivity index (χ2n) is 8.46. The minimum Gasteiger partial charge on any atom is -0.350 e. The molecule has 1 aliphatic heterocycles. The highest BCUT2D eigenvalue weighted by atomic mass is 35.5. The van der Waals surface area contributed by atoms with Crippen LogP contribution in [-0.4, -0.2) is 45.4 Å². The van der Waals surface area contributed by atoms with Crippen molar-refractivity contribution < 1.29 is 9.59 Å². The van der Waals surface area contributed by atoms with Gasteiger partial charge in [-0.3, -0.25) is 9.59 Å². The monoisotopic (exact) mass is 456 g/mol. The molecular formula is C23H22Cl2N4O2. The molecule has 31 heavy (non-hydrogen) atoms. The first-order valence-corrected chi connectivity index (χ1v) is 11.1. The third-order valence-electron chi connectivity index (χ3n) is 6.65. The molecule has 1 saturated carbocycles. The number of benzene rings is 1. The number of carbonyl (C=O) groups is 2. The number of pyridine rings is 1. The second-order valence-corrected chi connectivity index (χ2v) is 9.22. The molecule has 1 aromatic carbocycles. The smallest absolute Gasteiger partial charge is 0.255 e. The number of hydrogen-bond acceptors (Lipinski definition) is 3. The predicted molar refractivity (Wildman–Crippen MR) is 121 cm³/mol. The van der Waals surface area contributed by atoms with Gasteiger partial charge in [-0.05, 0) is 30.9 Å². The van der Waals surface area contributed by atoms with E-state index in [4.69, 9.17) is 23.2 Å². The Hall–Kier alpha value is -2.57. The number of carbonyl (C=O) groups excluding carboxylic acids is 2. The average Bonchev–Trinajstić information content (AvgIpc) is 3.44. The Bertz CT molecular complexity index is 1190. The average molecular weight is 457 g/mol. The molecule has 0 radical (unpaired) electrons. The van der Waals surface area contributed by atoms with E-state index in [0.29, 0.717) is 30.1 Å². The fourth-order valence-corrected chi connectivity index (χ4v) is 5.37. The van der Waals surface area contributed by atoms with Crippen molar-refractivity contribution in [2.45, 2.75) is 18.9 Å². The maximum absolute atomic E-state index is 13.1. The summed E-state index contributed by atoms with van der Waals surface area (Å²) in [7, 11) is 1.95. The van der Waals surface area contributed by atoms with Gasteiger partial charge in [0.05, 0.1) is 16.1 Å². The van der Waals surface area contributed by atoms with Gasteiger partial charge in [-0.1, -0.05) is 41.4 Å². The van der Waals surface area contributed by atoms with Crippen LogP contribution in [0.15, 0.2) is 42.7 Å². The second kappa shape index (κ2) is 7.84. The summed E-state index contributed by atoms with van der Waals surface area (Å²) < 4.78 is 1.98. The highest BCUT2D eigenvalue weighted by Gasteiger charge is 2.44. The topological polar surface area (TPSA) is 67.2 Å². The number of amides is 2.